The van der Waals surface area contributed by atoms with Gasteiger partial charge < -0.3 is 20.1 Å². The van der Waals surface area contributed by atoms with Gasteiger partial charge in [-0.05, 0) is 92.7 Å². The summed E-state index contributed by atoms with van der Waals surface area (Å²) in [6.45, 7) is 2.03. The summed E-state index contributed by atoms with van der Waals surface area (Å²) < 4.78 is 12.2. The van der Waals surface area contributed by atoms with Crippen molar-refractivity contribution in [1.82, 2.24) is 4.90 Å². The van der Waals surface area contributed by atoms with Crippen LogP contribution in [-0.2, 0) is 16.0 Å². The Morgan fingerprint density at radius 2 is 1.16 bits per heavy atom. The molecule has 3 aliphatic rings. The van der Waals surface area contributed by atoms with Gasteiger partial charge in [0, 0.05) is 42.2 Å². The lowest BCUT2D eigenvalue weighted by molar-refractivity contribution is 0.0892. The van der Waals surface area contributed by atoms with E-state index < -0.39 is 6.09 Å². The van der Waals surface area contributed by atoms with Crippen LogP contribution in [0.15, 0.2) is 146 Å². The monoisotopic (exact) mass is 725 g/mol. The molecule has 0 bridgehead atoms. The summed E-state index contributed by atoms with van der Waals surface area (Å²) >= 11 is 0. The Kier molecular flexibility index (Phi) is 9.28. The van der Waals surface area contributed by atoms with E-state index in [1.807, 2.05) is 65.6 Å². The van der Waals surface area contributed by atoms with Crippen LogP contribution in [0.3, 0.4) is 0 Å². The minimum atomic E-state index is -0.417. The van der Waals surface area contributed by atoms with E-state index in [9.17, 15) is 9.59 Å². The fraction of sp³-hybridized carbons (Fsp3) is 0.208. The van der Waals surface area contributed by atoms with E-state index in [1.165, 1.54) is 44.5 Å². The Labute approximate surface area is 321 Å². The Hall–Kier alpha value is -6.34. The van der Waals surface area contributed by atoms with Gasteiger partial charge in [-0.1, -0.05) is 121 Å². The molecule has 1 fully saturated rings. The number of benzene rings is 6. The summed E-state index contributed by atoms with van der Waals surface area (Å²) in [6.07, 6.45) is 1.09. The van der Waals surface area contributed by atoms with E-state index >= 15 is 0 Å². The van der Waals surface area contributed by atoms with Gasteiger partial charge in [-0.2, -0.15) is 0 Å². The third kappa shape index (κ3) is 6.71. The van der Waals surface area contributed by atoms with Crippen LogP contribution < -0.4 is 10.6 Å². The van der Waals surface area contributed by atoms with E-state index in [0.29, 0.717) is 31.9 Å². The standard InChI is InChI=1S/C48H43N3O4/c49-35-24-22-32(23-25-35)28-51(48(53)55-31-46-43-20-7-3-16-39(43)40-17-4-8-21-44(40)46)36-13-9-11-33(27-36)34-12-10-26-50(29-34)47(52)54-30-45-41-18-5-1-14-37(41)38-15-2-6-19-42(38)45/h1-9,11,13-25,27,34,45-46H,10,12,26,28-31,49H2. The molecule has 7 nitrogen and oxygen atoms in total. The molecule has 1 atom stereocenters. The summed E-state index contributed by atoms with van der Waals surface area (Å²) in [5.74, 6) is 0.0563. The number of hydrogen-bond acceptors (Lipinski definition) is 5. The number of carbonyl (C=O) groups is 2. The molecule has 0 spiro atoms. The summed E-state index contributed by atoms with van der Waals surface area (Å²) in [5.41, 5.74) is 18.9. The maximum atomic E-state index is 14.2. The average Bonchev–Trinajstić information content (AvgIpc) is 3.74. The van der Waals surface area contributed by atoms with Crippen molar-refractivity contribution in [3.63, 3.8) is 0 Å². The van der Waals surface area contributed by atoms with Crippen molar-refractivity contribution in [3.05, 3.63) is 179 Å². The summed E-state index contributed by atoms with van der Waals surface area (Å²) in [7, 11) is 0. The van der Waals surface area contributed by atoms with Crippen molar-refractivity contribution >= 4 is 23.6 Å². The van der Waals surface area contributed by atoms with Gasteiger partial charge in [-0.15, -0.1) is 0 Å². The Bertz CT molecular complexity index is 2280. The molecule has 1 aliphatic heterocycles. The zero-order valence-electron chi connectivity index (χ0n) is 30.6. The molecule has 2 amide bonds. The minimum absolute atomic E-state index is 0.0126. The molecular formula is C48H43N3O4. The van der Waals surface area contributed by atoms with Crippen LogP contribution >= 0.6 is 0 Å². The minimum Gasteiger partial charge on any atom is -0.448 e. The molecule has 1 saturated heterocycles. The number of fused-ring (bicyclic) bond motifs is 6. The summed E-state index contributed by atoms with van der Waals surface area (Å²) in [6, 6.07) is 49.2. The number of hydrogen-bond donors (Lipinski definition) is 1. The number of piperidine rings is 1. The van der Waals surface area contributed by atoms with Crippen LogP contribution in [0.5, 0.6) is 0 Å². The number of ether oxygens (including phenoxy) is 2. The molecule has 9 rings (SSSR count). The molecule has 7 heteroatoms. The SMILES string of the molecule is Nc1ccc(CN(C(=O)OCC2c3ccccc3-c3ccccc32)c2cccc(C3CCCN(C(=O)OCC4c5ccccc5-c5ccccc54)C3)c2)cc1. The molecule has 274 valence electrons. The van der Waals surface area contributed by atoms with Crippen LogP contribution in [0.25, 0.3) is 22.3 Å². The molecule has 1 unspecified atom stereocenters. The fourth-order valence-electron chi connectivity index (χ4n) is 8.79. The molecule has 2 N–H and O–H groups in total. The maximum absolute atomic E-state index is 14.2. The molecule has 2 aliphatic carbocycles. The van der Waals surface area contributed by atoms with E-state index in [0.717, 1.165) is 29.7 Å². The first-order chi connectivity index (χ1) is 27.0. The fourth-order valence-corrected chi connectivity index (χ4v) is 8.79. The van der Waals surface area contributed by atoms with E-state index in [4.69, 9.17) is 15.2 Å². The third-order valence-electron chi connectivity index (χ3n) is 11.5. The van der Waals surface area contributed by atoms with Crippen LogP contribution in [0.2, 0.25) is 0 Å². The number of rotatable bonds is 8. The van der Waals surface area contributed by atoms with Crippen LogP contribution in [0.4, 0.5) is 21.0 Å². The zero-order chi connectivity index (χ0) is 37.3. The highest BCUT2D eigenvalue weighted by atomic mass is 16.6. The summed E-state index contributed by atoms with van der Waals surface area (Å²) in [4.78, 5) is 31.3. The lowest BCUT2D eigenvalue weighted by Crippen LogP contribution is -2.40. The zero-order valence-corrected chi connectivity index (χ0v) is 30.6. The highest BCUT2D eigenvalue weighted by Gasteiger charge is 2.33. The van der Waals surface area contributed by atoms with Crippen LogP contribution in [-0.4, -0.2) is 43.4 Å². The van der Waals surface area contributed by atoms with E-state index in [2.05, 4.69) is 84.9 Å². The number of nitrogens with zero attached hydrogens (tertiary/aromatic N) is 2. The lowest BCUT2D eigenvalue weighted by atomic mass is 9.90. The number of carbonyl (C=O) groups excluding carboxylic acids is 2. The highest BCUT2D eigenvalue weighted by Crippen LogP contribution is 2.46. The number of nitrogens with two attached hydrogens (primary N) is 1. The van der Waals surface area contributed by atoms with Gasteiger partial charge in [0.1, 0.15) is 13.2 Å². The second kappa shape index (κ2) is 14.8. The van der Waals surface area contributed by atoms with Gasteiger partial charge in [-0.3, -0.25) is 4.90 Å². The largest absolute Gasteiger partial charge is 0.448 e. The number of amides is 2. The van der Waals surface area contributed by atoms with Crippen LogP contribution in [0.1, 0.15) is 64.0 Å². The Morgan fingerprint density at radius 3 is 1.73 bits per heavy atom. The van der Waals surface area contributed by atoms with Gasteiger partial charge >= 0.3 is 12.2 Å². The van der Waals surface area contributed by atoms with E-state index in [1.54, 1.807) is 4.90 Å². The van der Waals surface area contributed by atoms with E-state index in [-0.39, 0.29) is 30.5 Å². The number of nitrogen functional groups attached to an aromatic ring is 1. The first-order valence-corrected chi connectivity index (χ1v) is 19.2. The van der Waals surface area contributed by atoms with Crippen molar-refractivity contribution in [2.75, 3.05) is 36.9 Å². The third-order valence-corrected chi connectivity index (χ3v) is 11.5. The van der Waals surface area contributed by atoms with Crippen molar-refractivity contribution in [2.45, 2.75) is 37.1 Å². The molecule has 6 aromatic rings. The molecule has 0 saturated carbocycles. The molecule has 0 aromatic heterocycles. The van der Waals surface area contributed by atoms with Gasteiger partial charge in [0.15, 0.2) is 0 Å². The van der Waals surface area contributed by atoms with Crippen molar-refractivity contribution in [2.24, 2.45) is 0 Å². The molecular weight excluding hydrogens is 683 g/mol. The summed E-state index contributed by atoms with van der Waals surface area (Å²) in [5, 5.41) is 0. The molecule has 55 heavy (non-hydrogen) atoms. The molecule has 6 aromatic carbocycles. The van der Waals surface area contributed by atoms with Crippen molar-refractivity contribution in [3.8, 4) is 22.3 Å². The predicted molar refractivity (Wildman–Crippen MR) is 217 cm³/mol. The van der Waals surface area contributed by atoms with Gasteiger partial charge in [0.25, 0.3) is 0 Å². The normalized spacial score (nSPS) is 15.8. The van der Waals surface area contributed by atoms with Gasteiger partial charge in [-0.25, -0.2) is 9.59 Å². The van der Waals surface area contributed by atoms with Gasteiger partial charge in [0.05, 0.1) is 6.54 Å². The Morgan fingerprint density at radius 1 is 0.636 bits per heavy atom. The second-order valence-electron chi connectivity index (χ2n) is 14.8. The lowest BCUT2D eigenvalue weighted by Gasteiger charge is -2.33. The predicted octanol–water partition coefficient (Wildman–Crippen LogP) is 10.4. The maximum Gasteiger partial charge on any atom is 0.414 e. The van der Waals surface area contributed by atoms with Crippen molar-refractivity contribution < 1.29 is 19.1 Å². The molecule has 1 heterocycles. The second-order valence-corrected chi connectivity index (χ2v) is 14.8. The molecule has 0 radical (unpaired) electrons. The number of likely N-dealkylation sites (tertiary alicyclic amines) is 1. The quantitative estimate of drug-likeness (QED) is 0.158. The van der Waals surface area contributed by atoms with Crippen LogP contribution in [0, 0.1) is 0 Å². The first-order valence-electron chi connectivity index (χ1n) is 19.2. The van der Waals surface area contributed by atoms with Crippen molar-refractivity contribution in [1.29, 1.82) is 0 Å². The first kappa shape index (κ1) is 34.4. The topological polar surface area (TPSA) is 85.1 Å². The number of anilines is 2. The van der Waals surface area contributed by atoms with Gasteiger partial charge in [0.2, 0.25) is 0 Å². The highest BCUT2D eigenvalue weighted by molar-refractivity contribution is 5.88. The smallest absolute Gasteiger partial charge is 0.414 e. The average molecular weight is 726 g/mol. The Balaban J connectivity index is 0.914.